The number of benzene rings is 1. The summed E-state index contributed by atoms with van der Waals surface area (Å²) < 4.78 is 6.26. The van der Waals surface area contributed by atoms with Crippen molar-refractivity contribution in [1.82, 2.24) is 9.97 Å². The molecule has 0 radical (unpaired) electrons. The van der Waals surface area contributed by atoms with Gasteiger partial charge in [-0.15, -0.1) is 0 Å². The zero-order chi connectivity index (χ0) is 15.6. The molecule has 0 spiro atoms. The van der Waals surface area contributed by atoms with Crippen molar-refractivity contribution in [3.63, 3.8) is 0 Å². The first-order valence-electron chi connectivity index (χ1n) is 6.77. The van der Waals surface area contributed by atoms with Crippen LogP contribution in [0.4, 0.5) is 5.82 Å². The first kappa shape index (κ1) is 16.0. The fraction of sp³-hybridized carbons (Fsp3) is 0.375. The Morgan fingerprint density at radius 1 is 1.10 bits per heavy atom. The van der Waals surface area contributed by atoms with Gasteiger partial charge in [0.2, 0.25) is 0 Å². The minimum absolute atomic E-state index is 0.0354. The highest BCUT2D eigenvalue weighted by Crippen LogP contribution is 2.31. The van der Waals surface area contributed by atoms with Gasteiger partial charge in [-0.05, 0) is 46.9 Å². The molecule has 0 fully saturated rings. The van der Waals surface area contributed by atoms with E-state index >= 15 is 0 Å². The van der Waals surface area contributed by atoms with Crippen molar-refractivity contribution >= 4 is 28.4 Å². The Balaban J connectivity index is 2.58. The first-order chi connectivity index (χ1) is 9.86. The second-order valence-corrected chi connectivity index (χ2v) is 6.87. The molecule has 0 aliphatic rings. The zero-order valence-corrected chi connectivity index (χ0v) is 15.1. The quantitative estimate of drug-likeness (QED) is 0.793. The van der Waals surface area contributed by atoms with Gasteiger partial charge in [0, 0.05) is 18.0 Å². The van der Waals surface area contributed by atoms with E-state index in [4.69, 9.17) is 9.72 Å². The highest BCUT2D eigenvalue weighted by molar-refractivity contribution is 14.1. The van der Waals surface area contributed by atoms with Crippen LogP contribution < -0.4 is 10.1 Å². The molecule has 0 saturated heterocycles. The third-order valence-electron chi connectivity index (χ3n) is 3.15. The number of halogens is 1. The molecule has 5 heteroatoms. The molecule has 0 aliphatic heterocycles. The third-order valence-corrected chi connectivity index (χ3v) is 4.17. The summed E-state index contributed by atoms with van der Waals surface area (Å²) in [4.78, 5) is 9.40. The number of anilines is 1. The maximum Gasteiger partial charge on any atom is 0.161 e. The van der Waals surface area contributed by atoms with Gasteiger partial charge in [0.05, 0.1) is 16.4 Å². The Kier molecular flexibility index (Phi) is 4.70. The van der Waals surface area contributed by atoms with Crippen LogP contribution in [0.2, 0.25) is 0 Å². The minimum Gasteiger partial charge on any atom is -0.497 e. The molecule has 1 aromatic heterocycles. The Morgan fingerprint density at radius 3 is 2.19 bits per heavy atom. The molecule has 0 saturated carbocycles. The lowest BCUT2D eigenvalue weighted by Crippen LogP contribution is -2.18. The molecular weight excluding hydrogens is 377 g/mol. The summed E-state index contributed by atoms with van der Waals surface area (Å²) in [7, 11) is 3.54. The van der Waals surface area contributed by atoms with Crippen LogP contribution in [-0.2, 0) is 5.41 Å². The number of methoxy groups -OCH3 is 1. The molecule has 2 rings (SSSR count). The van der Waals surface area contributed by atoms with E-state index in [1.54, 1.807) is 7.11 Å². The van der Waals surface area contributed by atoms with E-state index in [0.29, 0.717) is 0 Å². The number of rotatable bonds is 3. The first-order valence-corrected chi connectivity index (χ1v) is 7.85. The topological polar surface area (TPSA) is 47.0 Å². The largest absolute Gasteiger partial charge is 0.497 e. The summed E-state index contributed by atoms with van der Waals surface area (Å²) in [6.45, 7) is 6.48. The second kappa shape index (κ2) is 6.17. The molecule has 1 aromatic carbocycles. The number of nitrogens with one attached hydrogen (secondary N) is 1. The number of ether oxygens (including phenoxy) is 1. The highest BCUT2D eigenvalue weighted by atomic mass is 127. The third kappa shape index (κ3) is 3.45. The van der Waals surface area contributed by atoms with E-state index < -0.39 is 0 Å². The normalized spacial score (nSPS) is 11.3. The predicted molar refractivity (Wildman–Crippen MR) is 95.0 cm³/mol. The van der Waals surface area contributed by atoms with Gasteiger partial charge >= 0.3 is 0 Å². The molecule has 0 unspecified atom stereocenters. The maximum absolute atomic E-state index is 5.19. The maximum atomic E-state index is 5.19. The van der Waals surface area contributed by atoms with Gasteiger partial charge in [-0.25, -0.2) is 9.97 Å². The fourth-order valence-corrected chi connectivity index (χ4v) is 3.30. The SMILES string of the molecule is CNc1nc(-c2ccc(OC)cc2)nc(C(C)(C)C)c1I. The minimum atomic E-state index is -0.0354. The zero-order valence-electron chi connectivity index (χ0n) is 13.0. The number of nitrogens with zero attached hydrogens (tertiary/aromatic N) is 2. The summed E-state index contributed by atoms with van der Waals surface area (Å²) in [6, 6.07) is 7.80. The van der Waals surface area contributed by atoms with Gasteiger partial charge < -0.3 is 10.1 Å². The Morgan fingerprint density at radius 2 is 1.71 bits per heavy atom. The van der Waals surface area contributed by atoms with Gasteiger partial charge in [0.15, 0.2) is 5.82 Å². The van der Waals surface area contributed by atoms with Crippen molar-refractivity contribution < 1.29 is 4.74 Å². The highest BCUT2D eigenvalue weighted by Gasteiger charge is 2.23. The lowest BCUT2D eigenvalue weighted by molar-refractivity contribution is 0.415. The van der Waals surface area contributed by atoms with Crippen LogP contribution in [0.1, 0.15) is 26.5 Å². The van der Waals surface area contributed by atoms with E-state index in [1.807, 2.05) is 31.3 Å². The number of aromatic nitrogens is 2. The molecule has 0 amide bonds. The molecule has 112 valence electrons. The molecule has 2 aromatic rings. The van der Waals surface area contributed by atoms with Crippen LogP contribution in [0, 0.1) is 3.57 Å². The summed E-state index contributed by atoms with van der Waals surface area (Å²) in [6.07, 6.45) is 0. The van der Waals surface area contributed by atoms with E-state index in [9.17, 15) is 0 Å². The van der Waals surface area contributed by atoms with Crippen molar-refractivity contribution in [2.45, 2.75) is 26.2 Å². The molecule has 1 heterocycles. The predicted octanol–water partition coefficient (Wildman–Crippen LogP) is 4.10. The number of hydrogen-bond acceptors (Lipinski definition) is 4. The van der Waals surface area contributed by atoms with Crippen molar-refractivity contribution in [1.29, 1.82) is 0 Å². The van der Waals surface area contributed by atoms with Gasteiger partial charge in [-0.1, -0.05) is 20.8 Å². The van der Waals surface area contributed by atoms with Crippen molar-refractivity contribution in [3.8, 4) is 17.1 Å². The van der Waals surface area contributed by atoms with Gasteiger partial charge in [0.25, 0.3) is 0 Å². The van der Waals surface area contributed by atoms with Crippen LogP contribution in [0.3, 0.4) is 0 Å². The molecule has 0 aliphatic carbocycles. The standard InChI is InChI=1S/C16H20IN3O/c1-16(2,3)13-12(17)15(18-4)20-14(19-13)10-6-8-11(21-5)9-7-10/h6-9H,1-5H3,(H,18,19,20). The van der Waals surface area contributed by atoms with Crippen LogP contribution in [0.25, 0.3) is 11.4 Å². The molecule has 1 N–H and O–H groups in total. The van der Waals surface area contributed by atoms with Crippen LogP contribution >= 0.6 is 22.6 Å². The molecule has 0 bridgehead atoms. The van der Waals surface area contributed by atoms with E-state index in [0.717, 1.165) is 32.2 Å². The molecule has 4 nitrogen and oxygen atoms in total. The average Bonchev–Trinajstić information content (AvgIpc) is 2.46. The summed E-state index contributed by atoms with van der Waals surface area (Å²) in [5, 5.41) is 3.16. The van der Waals surface area contributed by atoms with Gasteiger partial charge in [-0.3, -0.25) is 0 Å². The fourth-order valence-electron chi connectivity index (χ4n) is 1.98. The molecule has 0 atom stereocenters. The smallest absolute Gasteiger partial charge is 0.161 e. The monoisotopic (exact) mass is 397 g/mol. The summed E-state index contributed by atoms with van der Waals surface area (Å²) in [5.74, 6) is 2.42. The van der Waals surface area contributed by atoms with Crippen molar-refractivity contribution in [2.75, 3.05) is 19.5 Å². The van der Waals surface area contributed by atoms with E-state index in [1.165, 1.54) is 0 Å². The Hall–Kier alpha value is -1.37. The van der Waals surface area contributed by atoms with E-state index in [-0.39, 0.29) is 5.41 Å². The average molecular weight is 397 g/mol. The Bertz CT molecular complexity index is 633. The number of hydrogen-bond donors (Lipinski definition) is 1. The van der Waals surface area contributed by atoms with Crippen LogP contribution in [0.5, 0.6) is 5.75 Å². The molecule has 21 heavy (non-hydrogen) atoms. The van der Waals surface area contributed by atoms with Gasteiger partial charge in [-0.2, -0.15) is 0 Å². The van der Waals surface area contributed by atoms with Crippen molar-refractivity contribution in [2.24, 2.45) is 0 Å². The summed E-state index contributed by atoms with van der Waals surface area (Å²) >= 11 is 2.31. The summed E-state index contributed by atoms with van der Waals surface area (Å²) in [5.41, 5.74) is 1.99. The van der Waals surface area contributed by atoms with E-state index in [2.05, 4.69) is 53.7 Å². The second-order valence-electron chi connectivity index (χ2n) is 5.79. The molecular formula is C16H20IN3O. The Labute approximate surface area is 139 Å². The van der Waals surface area contributed by atoms with Crippen molar-refractivity contribution in [3.05, 3.63) is 33.5 Å². The lowest BCUT2D eigenvalue weighted by atomic mass is 9.91. The lowest BCUT2D eigenvalue weighted by Gasteiger charge is -2.21. The van der Waals surface area contributed by atoms with Crippen LogP contribution in [0.15, 0.2) is 24.3 Å². The van der Waals surface area contributed by atoms with Gasteiger partial charge in [0.1, 0.15) is 11.6 Å². The van der Waals surface area contributed by atoms with Crippen LogP contribution in [-0.4, -0.2) is 24.1 Å².